The van der Waals surface area contributed by atoms with Gasteiger partial charge in [-0.25, -0.2) is 0 Å². The minimum Gasteiger partial charge on any atom is -0.493 e. The van der Waals surface area contributed by atoms with Gasteiger partial charge in [-0.15, -0.1) is 0 Å². The zero-order valence-electron chi connectivity index (χ0n) is 18.5. The second-order valence-corrected chi connectivity index (χ2v) is 7.31. The number of amides is 2. The van der Waals surface area contributed by atoms with E-state index in [9.17, 15) is 9.59 Å². The van der Waals surface area contributed by atoms with Crippen molar-refractivity contribution < 1.29 is 23.8 Å². The number of methoxy groups -OCH3 is 3. The molecular formula is C23H28N4O5. The van der Waals surface area contributed by atoms with Gasteiger partial charge < -0.3 is 25.3 Å². The van der Waals surface area contributed by atoms with Crippen molar-refractivity contribution in [2.45, 2.75) is 25.3 Å². The van der Waals surface area contributed by atoms with Crippen molar-refractivity contribution in [2.24, 2.45) is 10.8 Å². The number of nitrogens with zero attached hydrogens (tertiary/aromatic N) is 2. The Morgan fingerprint density at radius 1 is 1.06 bits per heavy atom. The van der Waals surface area contributed by atoms with Gasteiger partial charge in [0.15, 0.2) is 11.5 Å². The molecule has 170 valence electrons. The maximum absolute atomic E-state index is 12.9. The Morgan fingerprint density at radius 3 is 2.28 bits per heavy atom. The minimum atomic E-state index is -0.512. The molecule has 1 aliphatic rings. The average molecular weight is 441 g/mol. The van der Waals surface area contributed by atoms with Crippen molar-refractivity contribution in [3.8, 4) is 17.2 Å². The molecule has 1 heterocycles. The lowest BCUT2D eigenvalue weighted by molar-refractivity contribution is -0.122. The first-order chi connectivity index (χ1) is 15.5. The highest BCUT2D eigenvalue weighted by atomic mass is 16.5. The molecule has 2 aromatic rings. The molecule has 0 saturated carbocycles. The number of rotatable bonds is 8. The zero-order chi connectivity index (χ0) is 23.1. The monoisotopic (exact) mass is 440 g/mol. The summed E-state index contributed by atoms with van der Waals surface area (Å²) < 4.78 is 16.1. The van der Waals surface area contributed by atoms with Crippen LogP contribution in [0.1, 0.15) is 35.2 Å². The second kappa shape index (κ2) is 10.5. The van der Waals surface area contributed by atoms with Gasteiger partial charge in [-0.1, -0.05) is 0 Å². The third-order valence-corrected chi connectivity index (χ3v) is 5.26. The normalized spacial score (nSPS) is 16.0. The molecule has 9 heteroatoms. The van der Waals surface area contributed by atoms with Gasteiger partial charge >= 0.3 is 0 Å². The van der Waals surface area contributed by atoms with E-state index in [0.29, 0.717) is 41.5 Å². The Kier molecular flexibility index (Phi) is 7.54. The Balaban J connectivity index is 1.75. The van der Waals surface area contributed by atoms with Crippen LogP contribution < -0.4 is 25.3 Å². The highest BCUT2D eigenvalue weighted by Gasteiger charge is 2.28. The Morgan fingerprint density at radius 2 is 1.72 bits per heavy atom. The van der Waals surface area contributed by atoms with Crippen LogP contribution in [-0.2, 0) is 4.79 Å². The summed E-state index contributed by atoms with van der Waals surface area (Å²) in [7, 11) is 4.66. The van der Waals surface area contributed by atoms with Gasteiger partial charge in [0.2, 0.25) is 17.6 Å². The smallest absolute Gasteiger partial charge is 0.248 e. The number of benzene rings is 2. The molecule has 0 bridgehead atoms. The zero-order valence-corrected chi connectivity index (χ0v) is 18.5. The van der Waals surface area contributed by atoms with Crippen LogP contribution in [0.3, 0.4) is 0 Å². The molecule has 3 rings (SSSR count). The van der Waals surface area contributed by atoms with E-state index in [-0.39, 0.29) is 5.91 Å². The first-order valence-corrected chi connectivity index (χ1v) is 10.3. The molecule has 2 amide bonds. The summed E-state index contributed by atoms with van der Waals surface area (Å²) in [4.78, 5) is 24.1. The molecule has 3 N–H and O–H groups in total. The molecule has 1 fully saturated rings. The third kappa shape index (κ3) is 5.29. The number of carbonyl (C=O) groups excluding carboxylic acids is 2. The van der Waals surface area contributed by atoms with Crippen LogP contribution in [0, 0.1) is 0 Å². The van der Waals surface area contributed by atoms with Crippen molar-refractivity contribution in [2.75, 3.05) is 33.2 Å². The van der Waals surface area contributed by atoms with E-state index in [1.807, 2.05) is 0 Å². The predicted molar refractivity (Wildman–Crippen MR) is 122 cm³/mol. The largest absolute Gasteiger partial charge is 0.493 e. The average Bonchev–Trinajstić information content (AvgIpc) is 2.82. The number of nitrogens with one attached hydrogen (secondary N) is 1. The summed E-state index contributed by atoms with van der Waals surface area (Å²) in [5, 5.41) is 9.26. The number of nitrogens with two attached hydrogens (primary N) is 1. The Hall–Kier alpha value is -3.75. The van der Waals surface area contributed by atoms with Crippen LogP contribution in [-0.4, -0.2) is 57.0 Å². The molecule has 9 nitrogen and oxygen atoms in total. The number of hydrogen-bond acceptors (Lipinski definition) is 7. The van der Waals surface area contributed by atoms with E-state index in [4.69, 9.17) is 19.9 Å². The number of piperidine rings is 1. The van der Waals surface area contributed by atoms with Crippen LogP contribution in [0.15, 0.2) is 41.5 Å². The van der Waals surface area contributed by atoms with Gasteiger partial charge in [-0.3, -0.25) is 14.6 Å². The molecule has 0 radical (unpaired) electrons. The fourth-order valence-corrected chi connectivity index (χ4v) is 3.58. The summed E-state index contributed by atoms with van der Waals surface area (Å²) in [6.45, 7) is 0.666. The van der Waals surface area contributed by atoms with Gasteiger partial charge in [0, 0.05) is 23.4 Å². The SMILES string of the molecule is COc1cc(/C=N/N2CCCCC2C(=O)Nc2ccc(C(N)=O)cc2)cc(OC)c1OC. The van der Waals surface area contributed by atoms with Crippen molar-refractivity contribution in [3.05, 3.63) is 47.5 Å². The number of carbonyl (C=O) groups is 2. The van der Waals surface area contributed by atoms with Crippen LogP contribution in [0.5, 0.6) is 17.2 Å². The van der Waals surface area contributed by atoms with E-state index < -0.39 is 11.9 Å². The van der Waals surface area contributed by atoms with Gasteiger partial charge in [0.1, 0.15) is 6.04 Å². The van der Waals surface area contributed by atoms with Crippen LogP contribution in [0.2, 0.25) is 0 Å². The molecular weight excluding hydrogens is 412 g/mol. The molecule has 2 aromatic carbocycles. The first-order valence-electron chi connectivity index (χ1n) is 10.3. The van der Waals surface area contributed by atoms with Gasteiger partial charge in [-0.2, -0.15) is 5.10 Å². The standard InChI is InChI=1S/C23H28N4O5/c1-30-19-12-15(13-20(31-2)21(19)32-3)14-25-27-11-5-4-6-18(27)23(29)26-17-9-7-16(8-10-17)22(24)28/h7-10,12-14,18H,4-6,11H2,1-3H3,(H2,24,28)(H,26,29)/b25-14+. The van der Waals surface area contributed by atoms with Crippen molar-refractivity contribution >= 4 is 23.7 Å². The lowest BCUT2D eigenvalue weighted by Gasteiger charge is -2.32. The van der Waals surface area contributed by atoms with Crippen molar-refractivity contribution in [1.82, 2.24) is 5.01 Å². The topological polar surface area (TPSA) is 115 Å². The quantitative estimate of drug-likeness (QED) is 0.610. The lowest BCUT2D eigenvalue weighted by Crippen LogP contribution is -2.44. The summed E-state index contributed by atoms with van der Waals surface area (Å²) in [5.41, 5.74) is 7.00. The fraction of sp³-hybridized carbons (Fsp3) is 0.348. The van der Waals surface area contributed by atoms with Crippen LogP contribution in [0.25, 0.3) is 0 Å². The lowest BCUT2D eigenvalue weighted by atomic mass is 10.0. The number of anilines is 1. The van der Waals surface area contributed by atoms with Gasteiger partial charge in [0.05, 0.1) is 27.5 Å². The summed E-state index contributed by atoms with van der Waals surface area (Å²) in [5.74, 6) is 0.895. The molecule has 0 aliphatic carbocycles. The maximum atomic E-state index is 12.9. The van der Waals surface area contributed by atoms with Crippen LogP contribution in [0.4, 0.5) is 5.69 Å². The van der Waals surface area contributed by atoms with Crippen molar-refractivity contribution in [3.63, 3.8) is 0 Å². The molecule has 0 aromatic heterocycles. The molecule has 1 atom stereocenters. The molecule has 1 aliphatic heterocycles. The number of primary amides is 1. The van der Waals surface area contributed by atoms with E-state index in [0.717, 1.165) is 18.4 Å². The predicted octanol–water partition coefficient (Wildman–Crippen LogP) is 2.64. The Bertz CT molecular complexity index is 965. The first kappa shape index (κ1) is 22.9. The number of hydrogen-bond donors (Lipinski definition) is 2. The summed E-state index contributed by atoms with van der Waals surface area (Å²) >= 11 is 0. The van der Waals surface area contributed by atoms with E-state index in [1.165, 1.54) is 0 Å². The van der Waals surface area contributed by atoms with Crippen LogP contribution >= 0.6 is 0 Å². The third-order valence-electron chi connectivity index (χ3n) is 5.26. The molecule has 1 unspecified atom stereocenters. The number of ether oxygens (including phenoxy) is 3. The fourth-order valence-electron chi connectivity index (χ4n) is 3.58. The number of hydrazone groups is 1. The molecule has 32 heavy (non-hydrogen) atoms. The molecule has 1 saturated heterocycles. The summed E-state index contributed by atoms with van der Waals surface area (Å²) in [6, 6.07) is 9.67. The highest BCUT2D eigenvalue weighted by molar-refractivity contribution is 5.96. The second-order valence-electron chi connectivity index (χ2n) is 7.31. The van der Waals surface area contributed by atoms with E-state index >= 15 is 0 Å². The Labute approximate surface area is 187 Å². The van der Waals surface area contributed by atoms with E-state index in [2.05, 4.69) is 10.4 Å². The molecule has 0 spiro atoms. The highest BCUT2D eigenvalue weighted by Crippen LogP contribution is 2.37. The van der Waals surface area contributed by atoms with Crippen molar-refractivity contribution in [1.29, 1.82) is 0 Å². The van der Waals surface area contributed by atoms with E-state index in [1.54, 1.807) is 69.0 Å². The minimum absolute atomic E-state index is 0.154. The maximum Gasteiger partial charge on any atom is 0.248 e. The van der Waals surface area contributed by atoms with Gasteiger partial charge in [-0.05, 0) is 55.7 Å². The summed E-state index contributed by atoms with van der Waals surface area (Å²) in [6.07, 6.45) is 4.26. The van der Waals surface area contributed by atoms with Gasteiger partial charge in [0.25, 0.3) is 0 Å².